The molecular formula is C21H23NO2. The zero-order valence-corrected chi connectivity index (χ0v) is 14.1. The summed E-state index contributed by atoms with van der Waals surface area (Å²) in [7, 11) is 0. The highest BCUT2D eigenvalue weighted by atomic mass is 16.3. The number of hydrogen-bond donors (Lipinski definition) is 2. The minimum atomic E-state index is -0.449. The summed E-state index contributed by atoms with van der Waals surface area (Å²) in [5.74, 6) is 1.75. The van der Waals surface area contributed by atoms with Crippen LogP contribution in [0.4, 0.5) is 0 Å². The lowest BCUT2D eigenvalue weighted by Crippen LogP contribution is -2.17. The van der Waals surface area contributed by atoms with Gasteiger partial charge in [0.25, 0.3) is 0 Å². The summed E-state index contributed by atoms with van der Waals surface area (Å²) >= 11 is 0. The topological polar surface area (TPSA) is 45.4 Å². The Bertz CT molecular complexity index is 760. The fourth-order valence-corrected chi connectivity index (χ4v) is 2.67. The molecule has 3 rings (SSSR count). The molecule has 0 aliphatic carbocycles. The summed E-state index contributed by atoms with van der Waals surface area (Å²) in [4.78, 5) is 0. The first kappa shape index (κ1) is 16.5. The quantitative estimate of drug-likeness (QED) is 0.682. The van der Waals surface area contributed by atoms with Crippen LogP contribution >= 0.6 is 0 Å². The third-order valence-corrected chi connectivity index (χ3v) is 4.22. The van der Waals surface area contributed by atoms with Crippen LogP contribution in [0.15, 0.2) is 71.1 Å². The summed E-state index contributed by atoms with van der Waals surface area (Å²) in [6.07, 6.45) is -0.449. The largest absolute Gasteiger partial charge is 0.460 e. The number of nitrogens with one attached hydrogen (secondary N) is 1. The van der Waals surface area contributed by atoms with Crippen molar-refractivity contribution >= 4 is 0 Å². The molecule has 0 saturated heterocycles. The number of aliphatic hydroxyl groups excluding tert-OH is 1. The van der Waals surface area contributed by atoms with E-state index in [0.717, 1.165) is 22.6 Å². The van der Waals surface area contributed by atoms with E-state index in [0.29, 0.717) is 6.54 Å². The van der Waals surface area contributed by atoms with Crippen LogP contribution in [0.25, 0.3) is 11.3 Å². The van der Waals surface area contributed by atoms with Crippen molar-refractivity contribution in [3.8, 4) is 11.3 Å². The summed E-state index contributed by atoms with van der Waals surface area (Å²) < 4.78 is 5.93. The van der Waals surface area contributed by atoms with Crippen molar-refractivity contribution in [1.82, 2.24) is 5.32 Å². The van der Waals surface area contributed by atoms with Gasteiger partial charge in [-0.25, -0.2) is 0 Å². The molecule has 0 unspecified atom stereocenters. The average molecular weight is 321 g/mol. The molecule has 3 heteroatoms. The summed E-state index contributed by atoms with van der Waals surface area (Å²) in [5, 5.41) is 13.1. The van der Waals surface area contributed by atoms with Gasteiger partial charge in [-0.1, -0.05) is 54.6 Å². The van der Waals surface area contributed by atoms with Crippen molar-refractivity contribution < 1.29 is 9.52 Å². The summed E-state index contributed by atoms with van der Waals surface area (Å²) in [5.41, 5.74) is 3.18. The number of benzene rings is 2. The monoisotopic (exact) mass is 321 g/mol. The highest BCUT2D eigenvalue weighted by Gasteiger charge is 2.08. The van der Waals surface area contributed by atoms with Crippen molar-refractivity contribution in [2.75, 3.05) is 0 Å². The van der Waals surface area contributed by atoms with Gasteiger partial charge < -0.3 is 14.8 Å². The first-order valence-electron chi connectivity index (χ1n) is 8.29. The molecule has 2 N–H and O–H groups in total. The van der Waals surface area contributed by atoms with Crippen molar-refractivity contribution in [1.29, 1.82) is 0 Å². The minimum absolute atomic E-state index is 0.269. The Morgan fingerprint density at radius 1 is 0.875 bits per heavy atom. The second-order valence-electron chi connectivity index (χ2n) is 6.08. The molecule has 0 aliphatic rings. The third-order valence-electron chi connectivity index (χ3n) is 4.22. The number of aliphatic hydroxyl groups is 1. The van der Waals surface area contributed by atoms with Crippen LogP contribution in [-0.2, 0) is 6.54 Å². The van der Waals surface area contributed by atoms with E-state index in [4.69, 9.17) is 4.42 Å². The second kappa shape index (κ2) is 7.47. The third kappa shape index (κ3) is 3.94. The van der Waals surface area contributed by atoms with Gasteiger partial charge in [-0.05, 0) is 37.1 Å². The molecular weight excluding hydrogens is 298 g/mol. The van der Waals surface area contributed by atoms with E-state index in [2.05, 4.69) is 36.5 Å². The molecule has 124 valence electrons. The van der Waals surface area contributed by atoms with Crippen LogP contribution in [0.3, 0.4) is 0 Å². The molecule has 24 heavy (non-hydrogen) atoms. The summed E-state index contributed by atoms with van der Waals surface area (Å²) in [6.45, 7) is 4.59. The first-order chi connectivity index (χ1) is 11.6. The highest BCUT2D eigenvalue weighted by molar-refractivity contribution is 5.58. The van der Waals surface area contributed by atoms with Crippen molar-refractivity contribution in [3.63, 3.8) is 0 Å². The zero-order valence-electron chi connectivity index (χ0n) is 14.1. The Balaban J connectivity index is 1.63. The second-order valence-corrected chi connectivity index (χ2v) is 6.08. The van der Waals surface area contributed by atoms with Gasteiger partial charge in [0.2, 0.25) is 0 Å². The molecule has 0 radical (unpaired) electrons. The molecule has 0 fully saturated rings. The standard InChI is InChI=1S/C21H23NO2/c1-15(17-6-4-3-5-7-17)22-14-20-12-13-21(24-20)19-10-8-18(9-11-19)16(2)23/h3-13,15-16,22-23H,14H2,1-2H3/t15-,16-/m0/s1. The normalized spacial score (nSPS) is 13.6. The molecule has 2 aromatic carbocycles. The van der Waals surface area contributed by atoms with E-state index in [9.17, 15) is 5.11 Å². The Morgan fingerprint density at radius 2 is 1.58 bits per heavy atom. The van der Waals surface area contributed by atoms with Crippen LogP contribution in [0.1, 0.15) is 42.9 Å². The van der Waals surface area contributed by atoms with Crippen molar-refractivity contribution in [2.45, 2.75) is 32.5 Å². The molecule has 0 aliphatic heterocycles. The maximum atomic E-state index is 9.57. The smallest absolute Gasteiger partial charge is 0.134 e. The van der Waals surface area contributed by atoms with E-state index in [1.165, 1.54) is 5.56 Å². The molecule has 1 heterocycles. The van der Waals surface area contributed by atoms with Crippen LogP contribution < -0.4 is 5.32 Å². The molecule has 0 saturated carbocycles. The highest BCUT2D eigenvalue weighted by Crippen LogP contribution is 2.24. The van der Waals surface area contributed by atoms with Gasteiger partial charge >= 0.3 is 0 Å². The summed E-state index contributed by atoms with van der Waals surface area (Å²) in [6, 6.07) is 22.4. The SMILES string of the molecule is C[C@H](O)c1ccc(-c2ccc(CN[C@@H](C)c3ccccc3)o2)cc1. The van der Waals surface area contributed by atoms with Crippen LogP contribution in [0.2, 0.25) is 0 Å². The van der Waals surface area contributed by atoms with Gasteiger partial charge in [0.15, 0.2) is 0 Å². The van der Waals surface area contributed by atoms with E-state index >= 15 is 0 Å². The molecule has 0 amide bonds. The Hall–Kier alpha value is -2.36. The van der Waals surface area contributed by atoms with Gasteiger partial charge in [0, 0.05) is 11.6 Å². The molecule has 2 atom stereocenters. The Labute approximate surface area is 143 Å². The predicted molar refractivity (Wildman–Crippen MR) is 96.5 cm³/mol. The molecule has 3 aromatic rings. The Kier molecular flexibility index (Phi) is 5.14. The van der Waals surface area contributed by atoms with Crippen molar-refractivity contribution in [3.05, 3.63) is 83.6 Å². The zero-order chi connectivity index (χ0) is 16.9. The van der Waals surface area contributed by atoms with E-state index in [-0.39, 0.29) is 6.04 Å². The maximum absolute atomic E-state index is 9.57. The maximum Gasteiger partial charge on any atom is 0.134 e. The van der Waals surface area contributed by atoms with E-state index in [1.807, 2.05) is 42.5 Å². The molecule has 3 nitrogen and oxygen atoms in total. The molecule has 0 spiro atoms. The number of hydrogen-bond acceptors (Lipinski definition) is 3. The lowest BCUT2D eigenvalue weighted by molar-refractivity contribution is 0.199. The van der Waals surface area contributed by atoms with E-state index < -0.39 is 6.10 Å². The fourth-order valence-electron chi connectivity index (χ4n) is 2.67. The predicted octanol–water partition coefficient (Wildman–Crippen LogP) is 4.85. The lowest BCUT2D eigenvalue weighted by atomic mass is 10.1. The molecule has 0 bridgehead atoms. The van der Waals surface area contributed by atoms with Crippen LogP contribution in [-0.4, -0.2) is 5.11 Å². The van der Waals surface area contributed by atoms with Crippen LogP contribution in [0.5, 0.6) is 0 Å². The fraction of sp³-hybridized carbons (Fsp3) is 0.238. The Morgan fingerprint density at radius 3 is 2.25 bits per heavy atom. The lowest BCUT2D eigenvalue weighted by Gasteiger charge is -2.12. The van der Waals surface area contributed by atoms with Crippen LogP contribution in [0, 0.1) is 0 Å². The van der Waals surface area contributed by atoms with Gasteiger partial charge in [-0.2, -0.15) is 0 Å². The number of furan rings is 1. The van der Waals surface area contributed by atoms with E-state index in [1.54, 1.807) is 6.92 Å². The van der Waals surface area contributed by atoms with Gasteiger partial charge in [0.1, 0.15) is 11.5 Å². The average Bonchev–Trinajstić information content (AvgIpc) is 3.09. The van der Waals surface area contributed by atoms with Gasteiger partial charge in [-0.3, -0.25) is 0 Å². The molecule has 1 aromatic heterocycles. The first-order valence-corrected chi connectivity index (χ1v) is 8.29. The van der Waals surface area contributed by atoms with Crippen molar-refractivity contribution in [2.24, 2.45) is 0 Å². The number of rotatable bonds is 6. The minimum Gasteiger partial charge on any atom is -0.460 e. The van der Waals surface area contributed by atoms with Gasteiger partial charge in [0.05, 0.1) is 12.6 Å². The van der Waals surface area contributed by atoms with Gasteiger partial charge in [-0.15, -0.1) is 0 Å².